The molecule has 2 aromatic carbocycles. The largest absolute Gasteiger partial charge is 0.369 e. The van der Waals surface area contributed by atoms with E-state index < -0.39 is 0 Å². The van der Waals surface area contributed by atoms with Gasteiger partial charge in [0.05, 0.1) is 36.2 Å². The van der Waals surface area contributed by atoms with Gasteiger partial charge in [-0.05, 0) is 22.6 Å². The molecule has 3 N–H and O–H groups in total. The predicted octanol–water partition coefficient (Wildman–Crippen LogP) is 3.03. The molecule has 0 atom stereocenters. The van der Waals surface area contributed by atoms with Crippen LogP contribution in [-0.2, 0) is 24.2 Å². The lowest BCUT2D eigenvalue weighted by Crippen LogP contribution is -2.18. The van der Waals surface area contributed by atoms with E-state index in [4.69, 9.17) is 5.73 Å². The Morgan fingerprint density at radius 3 is 2.73 bits per heavy atom. The van der Waals surface area contributed by atoms with Crippen LogP contribution in [0.1, 0.15) is 22.5 Å². The Morgan fingerprint density at radius 1 is 1.08 bits per heavy atom. The maximum Gasteiger partial charge on any atom is 0.223 e. The maximum atomic E-state index is 11.6. The number of nitrogens with zero attached hydrogens (tertiary/aromatic N) is 2. The van der Waals surface area contributed by atoms with Crippen molar-refractivity contribution < 1.29 is 4.79 Å². The average molecular weight is 344 g/mol. The number of nitrogens with one attached hydrogen (secondary N) is 1. The molecule has 0 saturated heterocycles. The number of benzene rings is 2. The standard InChI is InChI=1S/C21H20N4O/c22-20(26)12-19-18(11-15-5-2-1-3-6-15)24-14-25(19)13-17-8-4-7-16-9-10-23-21(16)17/h1-10,14,23H,11-13H2,(H2,22,26). The highest BCUT2D eigenvalue weighted by Crippen LogP contribution is 2.20. The van der Waals surface area contributed by atoms with Gasteiger partial charge in [0.25, 0.3) is 0 Å². The lowest BCUT2D eigenvalue weighted by Gasteiger charge is -2.10. The molecule has 0 aliphatic heterocycles. The number of para-hydroxylation sites is 1. The van der Waals surface area contributed by atoms with Gasteiger partial charge < -0.3 is 15.3 Å². The Kier molecular flexibility index (Phi) is 4.27. The number of amides is 1. The van der Waals surface area contributed by atoms with Crippen LogP contribution >= 0.6 is 0 Å². The van der Waals surface area contributed by atoms with E-state index in [0.29, 0.717) is 13.0 Å². The Bertz CT molecular complexity index is 1050. The molecule has 26 heavy (non-hydrogen) atoms. The molecule has 5 nitrogen and oxygen atoms in total. The van der Waals surface area contributed by atoms with E-state index in [9.17, 15) is 4.79 Å². The lowest BCUT2D eigenvalue weighted by atomic mass is 10.1. The summed E-state index contributed by atoms with van der Waals surface area (Å²) in [5, 5.41) is 1.17. The number of aromatic amines is 1. The van der Waals surface area contributed by atoms with Crippen LogP contribution in [0.3, 0.4) is 0 Å². The van der Waals surface area contributed by atoms with E-state index in [1.54, 1.807) is 6.33 Å². The fraction of sp³-hybridized carbons (Fsp3) is 0.143. The second-order valence-corrected chi connectivity index (χ2v) is 6.43. The Balaban J connectivity index is 1.69. The van der Waals surface area contributed by atoms with Crippen molar-refractivity contribution in [3.8, 4) is 0 Å². The highest BCUT2D eigenvalue weighted by atomic mass is 16.1. The molecule has 5 heteroatoms. The number of fused-ring (bicyclic) bond motifs is 1. The van der Waals surface area contributed by atoms with Crippen LogP contribution in [0.5, 0.6) is 0 Å². The fourth-order valence-electron chi connectivity index (χ4n) is 3.36. The van der Waals surface area contributed by atoms with E-state index >= 15 is 0 Å². The fourth-order valence-corrected chi connectivity index (χ4v) is 3.36. The molecular weight excluding hydrogens is 324 g/mol. The molecule has 0 saturated carbocycles. The number of carbonyl (C=O) groups is 1. The van der Waals surface area contributed by atoms with E-state index in [1.807, 2.05) is 35.0 Å². The number of hydrogen-bond donors (Lipinski definition) is 2. The molecule has 2 heterocycles. The van der Waals surface area contributed by atoms with E-state index in [2.05, 4.69) is 40.3 Å². The van der Waals surface area contributed by atoms with Gasteiger partial charge in [0.1, 0.15) is 0 Å². The van der Waals surface area contributed by atoms with Gasteiger partial charge in [-0.2, -0.15) is 0 Å². The third-order valence-electron chi connectivity index (χ3n) is 4.60. The quantitative estimate of drug-likeness (QED) is 0.564. The summed E-state index contributed by atoms with van der Waals surface area (Å²) in [5.41, 5.74) is 10.7. The van der Waals surface area contributed by atoms with Crippen LogP contribution in [0.25, 0.3) is 10.9 Å². The van der Waals surface area contributed by atoms with E-state index in [-0.39, 0.29) is 12.3 Å². The Hall–Kier alpha value is -3.34. The van der Waals surface area contributed by atoms with Crippen LogP contribution in [0.15, 0.2) is 67.1 Å². The molecule has 1 amide bonds. The minimum absolute atomic E-state index is 0.183. The second kappa shape index (κ2) is 6.88. The number of imidazole rings is 1. The average Bonchev–Trinajstić information content (AvgIpc) is 3.25. The smallest absolute Gasteiger partial charge is 0.223 e. The van der Waals surface area contributed by atoms with Gasteiger partial charge in [-0.3, -0.25) is 4.79 Å². The molecule has 0 fully saturated rings. The number of rotatable bonds is 6. The molecule has 130 valence electrons. The Labute approximate surface area is 151 Å². The lowest BCUT2D eigenvalue weighted by molar-refractivity contribution is -0.117. The first-order valence-corrected chi connectivity index (χ1v) is 8.61. The molecular formula is C21H20N4O. The van der Waals surface area contributed by atoms with Gasteiger partial charge in [0.2, 0.25) is 5.91 Å². The molecule has 0 bridgehead atoms. The van der Waals surface area contributed by atoms with Crippen molar-refractivity contribution >= 4 is 16.8 Å². The van der Waals surface area contributed by atoms with E-state index in [0.717, 1.165) is 28.0 Å². The van der Waals surface area contributed by atoms with Crippen LogP contribution in [0.4, 0.5) is 0 Å². The molecule has 0 spiro atoms. The topological polar surface area (TPSA) is 76.7 Å². The summed E-state index contributed by atoms with van der Waals surface area (Å²) in [6, 6.07) is 18.4. The Morgan fingerprint density at radius 2 is 1.92 bits per heavy atom. The van der Waals surface area contributed by atoms with Crippen molar-refractivity contribution in [2.24, 2.45) is 5.73 Å². The zero-order valence-corrected chi connectivity index (χ0v) is 14.4. The van der Waals surface area contributed by atoms with Crippen molar-refractivity contribution in [3.05, 3.63) is 89.6 Å². The number of nitrogens with two attached hydrogens (primary N) is 1. The monoisotopic (exact) mass is 344 g/mol. The van der Waals surface area contributed by atoms with Crippen molar-refractivity contribution in [2.75, 3.05) is 0 Å². The number of carbonyl (C=O) groups excluding carboxylic acids is 1. The highest BCUT2D eigenvalue weighted by Gasteiger charge is 2.15. The van der Waals surface area contributed by atoms with Gasteiger partial charge in [0.15, 0.2) is 0 Å². The summed E-state index contributed by atoms with van der Waals surface area (Å²) in [4.78, 5) is 19.5. The molecule has 0 aliphatic rings. The van der Waals surface area contributed by atoms with Crippen LogP contribution in [0.2, 0.25) is 0 Å². The minimum atomic E-state index is -0.348. The number of aromatic nitrogens is 3. The van der Waals surface area contributed by atoms with Gasteiger partial charge in [-0.15, -0.1) is 0 Å². The minimum Gasteiger partial charge on any atom is -0.369 e. The van der Waals surface area contributed by atoms with Gasteiger partial charge in [-0.25, -0.2) is 4.98 Å². The third-order valence-corrected chi connectivity index (χ3v) is 4.60. The molecule has 2 aromatic heterocycles. The summed E-state index contributed by atoms with van der Waals surface area (Å²) in [7, 11) is 0. The maximum absolute atomic E-state index is 11.6. The summed E-state index contributed by atoms with van der Waals surface area (Å²) in [6.07, 6.45) is 4.61. The summed E-state index contributed by atoms with van der Waals surface area (Å²) in [6.45, 7) is 0.641. The molecule has 0 radical (unpaired) electrons. The zero-order valence-electron chi connectivity index (χ0n) is 14.4. The second-order valence-electron chi connectivity index (χ2n) is 6.43. The van der Waals surface area contributed by atoms with Gasteiger partial charge in [0, 0.05) is 12.6 Å². The molecule has 0 aliphatic carbocycles. The number of primary amides is 1. The molecule has 4 aromatic rings. The normalized spacial score (nSPS) is 11.1. The highest BCUT2D eigenvalue weighted by molar-refractivity contribution is 5.82. The predicted molar refractivity (Wildman–Crippen MR) is 102 cm³/mol. The first-order valence-electron chi connectivity index (χ1n) is 8.61. The number of hydrogen-bond acceptors (Lipinski definition) is 2. The molecule has 4 rings (SSSR count). The van der Waals surface area contributed by atoms with Crippen molar-refractivity contribution in [3.63, 3.8) is 0 Å². The van der Waals surface area contributed by atoms with Crippen molar-refractivity contribution in [2.45, 2.75) is 19.4 Å². The van der Waals surface area contributed by atoms with E-state index in [1.165, 1.54) is 5.39 Å². The third kappa shape index (κ3) is 3.24. The summed E-state index contributed by atoms with van der Waals surface area (Å²) >= 11 is 0. The zero-order chi connectivity index (χ0) is 17.9. The van der Waals surface area contributed by atoms with Crippen LogP contribution < -0.4 is 5.73 Å². The number of H-pyrrole nitrogens is 1. The van der Waals surface area contributed by atoms with Crippen LogP contribution in [0, 0.1) is 0 Å². The summed E-state index contributed by atoms with van der Waals surface area (Å²) < 4.78 is 2.03. The van der Waals surface area contributed by atoms with Gasteiger partial charge in [-0.1, -0.05) is 48.5 Å². The van der Waals surface area contributed by atoms with Crippen molar-refractivity contribution in [1.82, 2.24) is 14.5 Å². The molecule has 0 unspecified atom stereocenters. The first kappa shape index (κ1) is 16.1. The van der Waals surface area contributed by atoms with Gasteiger partial charge >= 0.3 is 0 Å². The van der Waals surface area contributed by atoms with Crippen molar-refractivity contribution in [1.29, 1.82) is 0 Å². The summed E-state index contributed by atoms with van der Waals surface area (Å²) in [5.74, 6) is -0.348. The SMILES string of the molecule is NC(=O)Cc1c(Cc2ccccc2)ncn1Cc1cccc2cc[nH]c12. The first-order chi connectivity index (χ1) is 12.7. The van der Waals surface area contributed by atoms with Crippen LogP contribution in [-0.4, -0.2) is 20.4 Å².